The summed E-state index contributed by atoms with van der Waals surface area (Å²) in [6, 6.07) is 9.48. The second kappa shape index (κ2) is 5.16. The predicted octanol–water partition coefficient (Wildman–Crippen LogP) is 3.58. The van der Waals surface area contributed by atoms with Gasteiger partial charge in [0.05, 0.1) is 0 Å². The third-order valence-electron chi connectivity index (χ3n) is 1.98. The summed E-state index contributed by atoms with van der Waals surface area (Å²) in [7, 11) is 0. The van der Waals surface area contributed by atoms with Gasteiger partial charge in [-0.15, -0.1) is 11.6 Å². The van der Waals surface area contributed by atoms with E-state index in [1.54, 1.807) is 0 Å². The highest BCUT2D eigenvalue weighted by Gasteiger charge is 2.17. The van der Waals surface area contributed by atoms with Crippen molar-refractivity contribution in [3.63, 3.8) is 0 Å². The van der Waals surface area contributed by atoms with Gasteiger partial charge in [-0.1, -0.05) is 44.2 Å². The number of Topliss-reactive ketones (excluding diaryl/α,β-unsaturated/α-hetero) is 1. The Bertz CT molecular complexity index is 292. The van der Waals surface area contributed by atoms with E-state index in [0.717, 1.165) is 5.56 Å². The van der Waals surface area contributed by atoms with Crippen molar-refractivity contribution in [1.29, 1.82) is 0 Å². The number of alkyl halides is 1. The van der Waals surface area contributed by atoms with Crippen LogP contribution in [0.15, 0.2) is 30.3 Å². The van der Waals surface area contributed by atoms with E-state index in [9.17, 15) is 4.79 Å². The quantitative estimate of drug-likeness (QED) is 0.695. The lowest BCUT2D eigenvalue weighted by molar-refractivity contribution is -0.119. The molecule has 1 aromatic rings. The second-order valence-corrected chi connectivity index (χ2v) is 4.27. The van der Waals surface area contributed by atoms with Crippen LogP contribution in [0.3, 0.4) is 0 Å². The largest absolute Gasteiger partial charge is 0.298 e. The monoisotopic (exact) mass is 210 g/mol. The summed E-state index contributed by atoms with van der Waals surface area (Å²) in [4.78, 5) is 11.6. The molecule has 0 N–H and O–H groups in total. The van der Waals surface area contributed by atoms with E-state index in [0.29, 0.717) is 12.3 Å². The van der Waals surface area contributed by atoms with Crippen molar-refractivity contribution in [3.05, 3.63) is 35.9 Å². The van der Waals surface area contributed by atoms with Gasteiger partial charge in [0.25, 0.3) is 0 Å². The van der Waals surface area contributed by atoms with E-state index in [4.69, 9.17) is 11.6 Å². The zero-order chi connectivity index (χ0) is 10.6. The van der Waals surface area contributed by atoms with Crippen LogP contribution in [0.5, 0.6) is 0 Å². The molecule has 0 saturated heterocycles. The normalized spacial score (nSPS) is 12.9. The summed E-state index contributed by atoms with van der Waals surface area (Å²) in [5, 5.41) is -0.487. The first-order valence-electron chi connectivity index (χ1n) is 4.83. The molecule has 0 saturated carbocycles. The van der Waals surface area contributed by atoms with Gasteiger partial charge in [-0.05, 0) is 11.5 Å². The Morgan fingerprint density at radius 1 is 1.29 bits per heavy atom. The molecular weight excluding hydrogens is 196 g/mol. The standard InChI is InChI=1S/C12H15ClO/c1-9(2)8-11(14)12(13)10-6-4-3-5-7-10/h3-7,9,12H,8H2,1-2H3. The molecule has 0 heterocycles. The number of hydrogen-bond donors (Lipinski definition) is 0. The summed E-state index contributed by atoms with van der Waals surface area (Å²) in [6.07, 6.45) is 0.545. The van der Waals surface area contributed by atoms with E-state index in [-0.39, 0.29) is 5.78 Å². The Morgan fingerprint density at radius 3 is 2.36 bits per heavy atom. The summed E-state index contributed by atoms with van der Waals surface area (Å²) in [5.41, 5.74) is 0.889. The Hall–Kier alpha value is -0.820. The average molecular weight is 211 g/mol. The second-order valence-electron chi connectivity index (χ2n) is 3.84. The van der Waals surface area contributed by atoms with Crippen LogP contribution >= 0.6 is 11.6 Å². The lowest BCUT2D eigenvalue weighted by Gasteiger charge is -2.10. The Kier molecular flexibility index (Phi) is 4.15. The van der Waals surface area contributed by atoms with Gasteiger partial charge in [0, 0.05) is 6.42 Å². The number of rotatable bonds is 4. The van der Waals surface area contributed by atoms with E-state index in [1.807, 2.05) is 44.2 Å². The average Bonchev–Trinajstić information content (AvgIpc) is 2.17. The molecule has 0 spiro atoms. The molecule has 14 heavy (non-hydrogen) atoms. The highest BCUT2D eigenvalue weighted by molar-refractivity contribution is 6.31. The minimum atomic E-state index is -0.487. The molecular formula is C12H15ClO. The van der Waals surface area contributed by atoms with E-state index >= 15 is 0 Å². The Morgan fingerprint density at radius 2 is 1.86 bits per heavy atom. The van der Waals surface area contributed by atoms with Gasteiger partial charge in [-0.25, -0.2) is 0 Å². The maximum Gasteiger partial charge on any atom is 0.155 e. The molecule has 0 aliphatic heterocycles. The molecule has 0 aliphatic carbocycles. The van der Waals surface area contributed by atoms with Crippen LogP contribution in [-0.2, 0) is 4.79 Å². The smallest absolute Gasteiger partial charge is 0.155 e. The van der Waals surface area contributed by atoms with E-state index < -0.39 is 5.38 Å². The molecule has 0 bridgehead atoms. The lowest BCUT2D eigenvalue weighted by atomic mass is 10.0. The number of carbonyl (C=O) groups is 1. The third kappa shape index (κ3) is 3.15. The van der Waals surface area contributed by atoms with E-state index in [1.165, 1.54) is 0 Å². The molecule has 2 heteroatoms. The molecule has 1 nitrogen and oxygen atoms in total. The summed E-state index contributed by atoms with van der Waals surface area (Å²) in [5.74, 6) is 0.473. The van der Waals surface area contributed by atoms with Crippen LogP contribution in [0.1, 0.15) is 31.2 Å². The molecule has 0 aliphatic rings. The van der Waals surface area contributed by atoms with Gasteiger partial charge >= 0.3 is 0 Å². The van der Waals surface area contributed by atoms with E-state index in [2.05, 4.69) is 0 Å². The highest BCUT2D eigenvalue weighted by atomic mass is 35.5. The van der Waals surface area contributed by atoms with Crippen LogP contribution in [0, 0.1) is 5.92 Å². The summed E-state index contributed by atoms with van der Waals surface area (Å²) >= 11 is 6.05. The molecule has 1 aromatic carbocycles. The molecule has 0 radical (unpaired) electrons. The summed E-state index contributed by atoms with van der Waals surface area (Å²) < 4.78 is 0. The van der Waals surface area contributed by atoms with Crippen molar-refractivity contribution in [3.8, 4) is 0 Å². The summed E-state index contributed by atoms with van der Waals surface area (Å²) in [6.45, 7) is 4.04. The maximum absolute atomic E-state index is 11.6. The third-order valence-corrected chi connectivity index (χ3v) is 2.48. The zero-order valence-corrected chi connectivity index (χ0v) is 9.29. The topological polar surface area (TPSA) is 17.1 Å². The molecule has 1 unspecified atom stereocenters. The first-order chi connectivity index (χ1) is 6.61. The number of hydrogen-bond acceptors (Lipinski definition) is 1. The van der Waals surface area contributed by atoms with Crippen LogP contribution in [0.2, 0.25) is 0 Å². The molecule has 0 aromatic heterocycles. The van der Waals surface area contributed by atoms with Crippen molar-refractivity contribution < 1.29 is 4.79 Å². The Labute approximate surface area is 90.1 Å². The maximum atomic E-state index is 11.6. The number of ketones is 1. The van der Waals surface area contributed by atoms with Gasteiger partial charge in [-0.3, -0.25) is 4.79 Å². The van der Waals surface area contributed by atoms with Crippen molar-refractivity contribution in [2.24, 2.45) is 5.92 Å². The molecule has 0 fully saturated rings. The first-order valence-corrected chi connectivity index (χ1v) is 5.26. The van der Waals surface area contributed by atoms with Crippen LogP contribution in [0.25, 0.3) is 0 Å². The number of halogens is 1. The number of benzene rings is 1. The van der Waals surface area contributed by atoms with Gasteiger partial charge in [0.15, 0.2) is 5.78 Å². The van der Waals surface area contributed by atoms with Gasteiger partial charge in [0.2, 0.25) is 0 Å². The minimum Gasteiger partial charge on any atom is -0.298 e. The minimum absolute atomic E-state index is 0.105. The SMILES string of the molecule is CC(C)CC(=O)C(Cl)c1ccccc1. The van der Waals surface area contributed by atoms with Crippen LogP contribution in [-0.4, -0.2) is 5.78 Å². The molecule has 76 valence electrons. The van der Waals surface area contributed by atoms with Crippen LogP contribution in [0.4, 0.5) is 0 Å². The fourth-order valence-corrected chi connectivity index (χ4v) is 1.55. The predicted molar refractivity (Wildman–Crippen MR) is 59.5 cm³/mol. The fraction of sp³-hybridized carbons (Fsp3) is 0.417. The number of carbonyl (C=O) groups excluding carboxylic acids is 1. The Balaban J connectivity index is 2.66. The molecule has 0 amide bonds. The van der Waals surface area contributed by atoms with Gasteiger partial charge in [0.1, 0.15) is 5.38 Å². The van der Waals surface area contributed by atoms with Crippen molar-refractivity contribution >= 4 is 17.4 Å². The molecule has 1 rings (SSSR count). The zero-order valence-electron chi connectivity index (χ0n) is 8.53. The van der Waals surface area contributed by atoms with Gasteiger partial charge < -0.3 is 0 Å². The van der Waals surface area contributed by atoms with Crippen molar-refractivity contribution in [2.75, 3.05) is 0 Å². The lowest BCUT2D eigenvalue weighted by Crippen LogP contribution is -2.09. The van der Waals surface area contributed by atoms with Crippen LogP contribution < -0.4 is 0 Å². The van der Waals surface area contributed by atoms with Gasteiger partial charge in [-0.2, -0.15) is 0 Å². The highest BCUT2D eigenvalue weighted by Crippen LogP contribution is 2.23. The fourth-order valence-electron chi connectivity index (χ4n) is 1.31. The first kappa shape index (κ1) is 11.3. The molecule has 1 atom stereocenters. The van der Waals surface area contributed by atoms with Crippen molar-refractivity contribution in [2.45, 2.75) is 25.6 Å². The van der Waals surface area contributed by atoms with Crippen molar-refractivity contribution in [1.82, 2.24) is 0 Å².